The Bertz CT molecular complexity index is 1040. The van der Waals surface area contributed by atoms with Crippen molar-refractivity contribution in [1.82, 2.24) is 14.9 Å². The molecule has 10 heteroatoms. The number of sulfonamides is 1. The van der Waals surface area contributed by atoms with Crippen LogP contribution in [0.3, 0.4) is 0 Å². The summed E-state index contributed by atoms with van der Waals surface area (Å²) in [6.45, 7) is -0.257. The van der Waals surface area contributed by atoms with Crippen LogP contribution in [0.4, 0.5) is 4.39 Å². The second-order valence-corrected chi connectivity index (χ2v) is 7.29. The van der Waals surface area contributed by atoms with Crippen LogP contribution in [0.1, 0.15) is 5.89 Å². The minimum atomic E-state index is -3.97. The second kappa shape index (κ2) is 7.40. The summed E-state index contributed by atoms with van der Waals surface area (Å²) in [6.07, 6.45) is 0. The van der Waals surface area contributed by atoms with Gasteiger partial charge in [-0.25, -0.2) is 17.5 Å². The van der Waals surface area contributed by atoms with E-state index in [0.29, 0.717) is 10.6 Å². The first-order chi connectivity index (χ1) is 12.4. The van der Waals surface area contributed by atoms with E-state index in [2.05, 4.69) is 14.9 Å². The molecular formula is C16H13ClFN3O4S. The van der Waals surface area contributed by atoms with Gasteiger partial charge in [-0.15, -0.1) is 0 Å². The number of halogens is 2. The van der Waals surface area contributed by atoms with E-state index < -0.39 is 15.8 Å². The maximum Gasteiger partial charge on any atom is 0.242 e. The number of hydrogen-bond donors (Lipinski definition) is 1. The molecular weight excluding hydrogens is 385 g/mol. The van der Waals surface area contributed by atoms with E-state index in [-0.39, 0.29) is 28.9 Å². The molecule has 1 aromatic heterocycles. The van der Waals surface area contributed by atoms with Crippen LogP contribution in [-0.2, 0) is 16.6 Å². The summed E-state index contributed by atoms with van der Waals surface area (Å²) in [5, 5.41) is 4.21. The molecule has 0 fully saturated rings. The van der Waals surface area contributed by atoms with Gasteiger partial charge < -0.3 is 9.26 Å². The van der Waals surface area contributed by atoms with Gasteiger partial charge in [0.15, 0.2) is 11.6 Å². The molecule has 0 atom stereocenters. The van der Waals surface area contributed by atoms with Crippen molar-refractivity contribution in [2.45, 2.75) is 11.4 Å². The summed E-state index contributed by atoms with van der Waals surface area (Å²) < 4.78 is 50.3. The average molecular weight is 398 g/mol. The SMILES string of the molecule is COc1ccc(S(=O)(=O)NCc2nc(-c3ccccc3Cl)no2)cc1F. The number of nitrogens with one attached hydrogen (secondary N) is 1. The minimum Gasteiger partial charge on any atom is -0.494 e. The molecule has 7 nitrogen and oxygen atoms in total. The average Bonchev–Trinajstić information content (AvgIpc) is 3.09. The summed E-state index contributed by atoms with van der Waals surface area (Å²) in [5.41, 5.74) is 0.559. The molecule has 1 N–H and O–H groups in total. The Morgan fingerprint density at radius 3 is 2.73 bits per heavy atom. The molecule has 136 valence electrons. The number of rotatable bonds is 6. The van der Waals surface area contributed by atoms with Crippen LogP contribution in [0.2, 0.25) is 5.02 Å². The molecule has 1 heterocycles. The summed E-state index contributed by atoms with van der Waals surface area (Å²) in [6, 6.07) is 10.2. The van der Waals surface area contributed by atoms with Crippen LogP contribution >= 0.6 is 11.6 Å². The fourth-order valence-corrected chi connectivity index (χ4v) is 3.34. The van der Waals surface area contributed by atoms with Crippen molar-refractivity contribution in [2.75, 3.05) is 7.11 Å². The van der Waals surface area contributed by atoms with Gasteiger partial charge in [0.1, 0.15) is 0 Å². The first kappa shape index (κ1) is 18.3. The van der Waals surface area contributed by atoms with Gasteiger partial charge in [0.2, 0.25) is 21.7 Å². The van der Waals surface area contributed by atoms with E-state index in [1.807, 2.05) is 0 Å². The largest absolute Gasteiger partial charge is 0.494 e. The van der Waals surface area contributed by atoms with Crippen LogP contribution in [0, 0.1) is 5.82 Å². The van der Waals surface area contributed by atoms with E-state index in [9.17, 15) is 12.8 Å². The van der Waals surface area contributed by atoms with Crippen molar-refractivity contribution >= 4 is 21.6 Å². The first-order valence-electron chi connectivity index (χ1n) is 7.31. The second-order valence-electron chi connectivity index (χ2n) is 5.11. The number of nitrogens with zero attached hydrogens (tertiary/aromatic N) is 2. The van der Waals surface area contributed by atoms with Gasteiger partial charge >= 0.3 is 0 Å². The highest BCUT2D eigenvalue weighted by Gasteiger charge is 2.18. The third-order valence-electron chi connectivity index (χ3n) is 3.43. The molecule has 0 radical (unpaired) electrons. The smallest absolute Gasteiger partial charge is 0.242 e. The van der Waals surface area contributed by atoms with Crippen molar-refractivity contribution in [3.63, 3.8) is 0 Å². The standard InChI is InChI=1S/C16H13ClFN3O4S/c1-24-14-7-6-10(8-13(14)18)26(22,23)19-9-15-20-16(21-25-15)11-4-2-3-5-12(11)17/h2-8,19H,9H2,1H3. The Kier molecular flexibility index (Phi) is 5.21. The molecule has 0 unspecified atom stereocenters. The zero-order valence-electron chi connectivity index (χ0n) is 13.4. The normalized spacial score (nSPS) is 11.5. The molecule has 26 heavy (non-hydrogen) atoms. The van der Waals surface area contributed by atoms with Crippen molar-refractivity contribution in [1.29, 1.82) is 0 Å². The predicted molar refractivity (Wildman–Crippen MR) is 91.7 cm³/mol. The molecule has 0 aliphatic rings. The maximum absolute atomic E-state index is 13.7. The highest BCUT2D eigenvalue weighted by molar-refractivity contribution is 7.89. The number of ether oxygens (including phenoxy) is 1. The van der Waals surface area contributed by atoms with Gasteiger partial charge in [0.05, 0.1) is 23.6 Å². The van der Waals surface area contributed by atoms with E-state index in [0.717, 1.165) is 6.07 Å². The fraction of sp³-hybridized carbons (Fsp3) is 0.125. The summed E-state index contributed by atoms with van der Waals surface area (Å²) in [7, 11) is -2.68. The minimum absolute atomic E-state index is 0.0393. The fourth-order valence-electron chi connectivity index (χ4n) is 2.13. The van der Waals surface area contributed by atoms with E-state index in [1.165, 1.54) is 19.2 Å². The summed E-state index contributed by atoms with van der Waals surface area (Å²) >= 11 is 6.06. The summed E-state index contributed by atoms with van der Waals surface area (Å²) in [4.78, 5) is 3.85. The molecule has 3 aromatic rings. The Hall–Kier alpha value is -2.49. The van der Waals surface area contributed by atoms with Crippen LogP contribution < -0.4 is 9.46 Å². The molecule has 2 aromatic carbocycles. The van der Waals surface area contributed by atoms with E-state index in [4.69, 9.17) is 20.9 Å². The monoisotopic (exact) mass is 397 g/mol. The molecule has 0 saturated heterocycles. The van der Waals surface area contributed by atoms with Crippen molar-refractivity contribution in [3.05, 3.63) is 59.2 Å². The Morgan fingerprint density at radius 1 is 1.27 bits per heavy atom. The van der Waals surface area contributed by atoms with E-state index in [1.54, 1.807) is 24.3 Å². The van der Waals surface area contributed by atoms with Gasteiger partial charge in [-0.1, -0.05) is 28.9 Å². The van der Waals surface area contributed by atoms with Gasteiger partial charge in [-0.2, -0.15) is 4.98 Å². The van der Waals surface area contributed by atoms with Gasteiger partial charge in [-0.3, -0.25) is 0 Å². The number of methoxy groups -OCH3 is 1. The lowest BCUT2D eigenvalue weighted by atomic mass is 10.2. The Balaban J connectivity index is 1.75. The third-order valence-corrected chi connectivity index (χ3v) is 5.16. The quantitative estimate of drug-likeness (QED) is 0.687. The topological polar surface area (TPSA) is 94.3 Å². The van der Waals surface area contributed by atoms with Crippen molar-refractivity contribution < 1.29 is 22.1 Å². The summed E-state index contributed by atoms with van der Waals surface area (Å²) in [5.74, 6) is -0.558. The van der Waals surface area contributed by atoms with Crippen molar-refractivity contribution in [2.24, 2.45) is 0 Å². The molecule has 0 saturated carbocycles. The lowest BCUT2D eigenvalue weighted by Gasteiger charge is -2.06. The Labute approximate surface area is 153 Å². The lowest BCUT2D eigenvalue weighted by molar-refractivity contribution is 0.375. The highest BCUT2D eigenvalue weighted by Crippen LogP contribution is 2.25. The van der Waals surface area contributed by atoms with Crippen LogP contribution in [0.25, 0.3) is 11.4 Å². The third kappa shape index (κ3) is 3.85. The molecule has 0 spiro atoms. The molecule has 0 amide bonds. The van der Waals surface area contributed by atoms with Gasteiger partial charge in [-0.05, 0) is 30.3 Å². The molecule has 0 aliphatic heterocycles. The predicted octanol–water partition coefficient (Wildman–Crippen LogP) is 3.02. The van der Waals surface area contributed by atoms with Crippen LogP contribution in [-0.4, -0.2) is 25.7 Å². The van der Waals surface area contributed by atoms with Crippen LogP contribution in [0.5, 0.6) is 5.75 Å². The zero-order valence-corrected chi connectivity index (χ0v) is 15.0. The molecule has 3 rings (SSSR count). The first-order valence-corrected chi connectivity index (χ1v) is 9.17. The van der Waals surface area contributed by atoms with E-state index >= 15 is 0 Å². The van der Waals surface area contributed by atoms with Crippen LogP contribution in [0.15, 0.2) is 51.9 Å². The number of aromatic nitrogens is 2. The van der Waals surface area contributed by atoms with Gasteiger partial charge in [0, 0.05) is 5.56 Å². The Morgan fingerprint density at radius 2 is 2.04 bits per heavy atom. The maximum atomic E-state index is 13.7. The highest BCUT2D eigenvalue weighted by atomic mass is 35.5. The molecule has 0 aliphatic carbocycles. The van der Waals surface area contributed by atoms with Gasteiger partial charge in [0.25, 0.3) is 0 Å². The lowest BCUT2D eigenvalue weighted by Crippen LogP contribution is -2.23. The molecule has 0 bridgehead atoms. The number of hydrogen-bond acceptors (Lipinski definition) is 6. The van der Waals surface area contributed by atoms with Crippen molar-refractivity contribution in [3.8, 4) is 17.1 Å². The zero-order chi connectivity index (χ0) is 18.7. The number of benzene rings is 2.